The minimum Gasteiger partial charge on any atom is -0.317 e. The van der Waals surface area contributed by atoms with Crippen LogP contribution in [0.3, 0.4) is 0 Å². The molecule has 13 heavy (non-hydrogen) atoms. The van der Waals surface area contributed by atoms with Crippen molar-refractivity contribution in [3.63, 3.8) is 0 Å². The van der Waals surface area contributed by atoms with Gasteiger partial charge in [0.05, 0.1) is 5.75 Å². The Kier molecular flexibility index (Phi) is 3.22. The summed E-state index contributed by atoms with van der Waals surface area (Å²) in [5.74, 6) is 0.335. The second-order valence-electron chi connectivity index (χ2n) is 3.83. The molecule has 0 atom stereocenters. The second-order valence-corrected chi connectivity index (χ2v) is 5.64. The first kappa shape index (κ1) is 11.2. The molecule has 0 aromatic heterocycles. The zero-order chi connectivity index (χ0) is 8.66. The third-order valence-electron chi connectivity index (χ3n) is 2.83. The summed E-state index contributed by atoms with van der Waals surface area (Å²) in [5, 5.41) is 3.24. The summed E-state index contributed by atoms with van der Waals surface area (Å²) in [4.78, 5) is 0. The van der Waals surface area contributed by atoms with Gasteiger partial charge in [-0.25, -0.2) is 13.1 Å². The van der Waals surface area contributed by atoms with Crippen LogP contribution in [0.1, 0.15) is 12.8 Å². The van der Waals surface area contributed by atoms with Crippen molar-refractivity contribution < 1.29 is 8.42 Å². The van der Waals surface area contributed by atoms with Crippen LogP contribution in [0.15, 0.2) is 0 Å². The lowest BCUT2D eigenvalue weighted by atomic mass is 9.81. The fourth-order valence-corrected chi connectivity index (χ4v) is 3.87. The Morgan fingerprint density at radius 1 is 1.15 bits per heavy atom. The van der Waals surface area contributed by atoms with Gasteiger partial charge in [-0.05, 0) is 25.9 Å². The van der Waals surface area contributed by atoms with Gasteiger partial charge in [-0.1, -0.05) is 0 Å². The van der Waals surface area contributed by atoms with E-state index in [1.807, 2.05) is 0 Å². The Balaban J connectivity index is 0.000000845. The van der Waals surface area contributed by atoms with Crippen molar-refractivity contribution in [2.24, 2.45) is 5.41 Å². The van der Waals surface area contributed by atoms with Crippen molar-refractivity contribution in [3.05, 3.63) is 0 Å². The highest BCUT2D eigenvalue weighted by molar-refractivity contribution is 7.89. The maximum atomic E-state index is 11.2. The van der Waals surface area contributed by atoms with E-state index in [0.29, 0.717) is 12.3 Å². The van der Waals surface area contributed by atoms with E-state index in [-0.39, 0.29) is 17.8 Å². The molecule has 0 saturated carbocycles. The smallest absolute Gasteiger partial charge is 0.212 e. The molecular weight excluding hydrogens is 212 g/mol. The molecular formula is C7H15ClN2O2S. The Morgan fingerprint density at radius 3 is 2.23 bits per heavy atom. The van der Waals surface area contributed by atoms with Gasteiger partial charge in [0.1, 0.15) is 0 Å². The average Bonchev–Trinajstić information content (AvgIpc) is 2.29. The standard InChI is InChI=1S/C7H14N2O2S.ClH/c10-12(11)6-7(5-9-12)1-3-8-4-2-7;/h8-9H,1-6H2;1H. The summed E-state index contributed by atoms with van der Waals surface area (Å²) in [6, 6.07) is 0. The molecule has 2 rings (SSSR count). The number of rotatable bonds is 0. The van der Waals surface area contributed by atoms with Crippen molar-refractivity contribution >= 4 is 22.4 Å². The first-order chi connectivity index (χ1) is 5.62. The summed E-state index contributed by atoms with van der Waals surface area (Å²) < 4.78 is 24.9. The molecule has 0 aromatic carbocycles. The molecule has 78 valence electrons. The van der Waals surface area contributed by atoms with Crippen molar-refractivity contribution in [2.45, 2.75) is 12.8 Å². The molecule has 1 spiro atoms. The van der Waals surface area contributed by atoms with Crippen molar-refractivity contribution in [1.82, 2.24) is 10.0 Å². The van der Waals surface area contributed by atoms with E-state index in [4.69, 9.17) is 0 Å². The molecule has 2 aliphatic heterocycles. The lowest BCUT2D eigenvalue weighted by Crippen LogP contribution is -2.39. The third kappa shape index (κ3) is 2.34. The molecule has 2 N–H and O–H groups in total. The minimum absolute atomic E-state index is 0. The van der Waals surface area contributed by atoms with E-state index in [1.165, 1.54) is 0 Å². The monoisotopic (exact) mass is 226 g/mol. The molecule has 0 bridgehead atoms. The maximum absolute atomic E-state index is 11.2. The van der Waals surface area contributed by atoms with Gasteiger partial charge in [-0.2, -0.15) is 0 Å². The highest BCUT2D eigenvalue weighted by Crippen LogP contribution is 2.33. The highest BCUT2D eigenvalue weighted by Gasteiger charge is 2.42. The fraction of sp³-hybridized carbons (Fsp3) is 1.00. The van der Waals surface area contributed by atoms with Gasteiger partial charge in [0.15, 0.2) is 0 Å². The highest BCUT2D eigenvalue weighted by atomic mass is 35.5. The molecule has 0 aliphatic carbocycles. The summed E-state index contributed by atoms with van der Waals surface area (Å²) in [6.45, 7) is 2.56. The summed E-state index contributed by atoms with van der Waals surface area (Å²) in [6.07, 6.45) is 1.97. The Morgan fingerprint density at radius 2 is 1.77 bits per heavy atom. The molecule has 0 radical (unpaired) electrons. The number of hydrogen-bond donors (Lipinski definition) is 2. The van der Waals surface area contributed by atoms with E-state index < -0.39 is 10.0 Å². The number of halogens is 1. The second kappa shape index (κ2) is 3.73. The van der Waals surface area contributed by atoms with Crippen LogP contribution in [-0.4, -0.2) is 33.8 Å². The van der Waals surface area contributed by atoms with E-state index in [1.54, 1.807) is 0 Å². The molecule has 0 unspecified atom stereocenters. The first-order valence-electron chi connectivity index (χ1n) is 4.30. The number of hydrogen-bond acceptors (Lipinski definition) is 3. The van der Waals surface area contributed by atoms with Crippen molar-refractivity contribution in [2.75, 3.05) is 25.4 Å². The summed E-state index contributed by atoms with van der Waals surface area (Å²) in [5.41, 5.74) is 0.0457. The fourth-order valence-electron chi connectivity index (χ4n) is 2.05. The largest absolute Gasteiger partial charge is 0.317 e. The van der Waals surface area contributed by atoms with Gasteiger partial charge in [0.2, 0.25) is 10.0 Å². The average molecular weight is 227 g/mol. The van der Waals surface area contributed by atoms with E-state index in [9.17, 15) is 8.42 Å². The van der Waals surface area contributed by atoms with E-state index in [0.717, 1.165) is 25.9 Å². The Bertz CT molecular complexity index is 272. The van der Waals surface area contributed by atoms with Crippen LogP contribution in [0, 0.1) is 5.41 Å². The van der Waals surface area contributed by atoms with Crippen molar-refractivity contribution in [3.8, 4) is 0 Å². The molecule has 2 heterocycles. The molecule has 2 saturated heterocycles. The quantitative estimate of drug-likeness (QED) is 0.597. The lowest BCUT2D eigenvalue weighted by Gasteiger charge is -2.31. The van der Waals surface area contributed by atoms with Crippen LogP contribution >= 0.6 is 12.4 Å². The predicted molar refractivity (Wildman–Crippen MR) is 53.6 cm³/mol. The zero-order valence-corrected chi connectivity index (χ0v) is 9.01. The predicted octanol–water partition coefficient (Wildman–Crippen LogP) is -0.289. The maximum Gasteiger partial charge on any atom is 0.212 e. The van der Waals surface area contributed by atoms with Crippen LogP contribution in [0.4, 0.5) is 0 Å². The number of nitrogens with one attached hydrogen (secondary N) is 2. The molecule has 0 amide bonds. The first-order valence-corrected chi connectivity index (χ1v) is 5.95. The van der Waals surface area contributed by atoms with Gasteiger partial charge in [-0.3, -0.25) is 0 Å². The summed E-state index contributed by atoms with van der Waals surface area (Å²) >= 11 is 0. The lowest BCUT2D eigenvalue weighted by molar-refractivity contribution is 0.251. The normalized spacial score (nSPS) is 29.8. The van der Waals surface area contributed by atoms with Gasteiger partial charge in [0.25, 0.3) is 0 Å². The third-order valence-corrected chi connectivity index (χ3v) is 4.40. The Labute approximate surface area is 84.9 Å². The van der Waals surface area contributed by atoms with Crippen LogP contribution in [0.2, 0.25) is 0 Å². The van der Waals surface area contributed by atoms with Crippen LogP contribution in [-0.2, 0) is 10.0 Å². The molecule has 0 aromatic rings. The number of sulfonamides is 1. The van der Waals surface area contributed by atoms with Crippen molar-refractivity contribution in [1.29, 1.82) is 0 Å². The summed E-state index contributed by atoms with van der Waals surface area (Å²) in [7, 11) is -2.93. The molecule has 6 heteroatoms. The zero-order valence-electron chi connectivity index (χ0n) is 7.38. The van der Waals surface area contributed by atoms with E-state index in [2.05, 4.69) is 10.0 Å². The Hall–Kier alpha value is 0.160. The van der Waals surface area contributed by atoms with Gasteiger partial charge in [0, 0.05) is 12.0 Å². The SMILES string of the molecule is Cl.O=S1(=O)CC2(CCNCC2)CN1. The number of piperidine rings is 1. The van der Waals surface area contributed by atoms with E-state index >= 15 is 0 Å². The van der Waals surface area contributed by atoms with Gasteiger partial charge in [-0.15, -0.1) is 12.4 Å². The molecule has 2 aliphatic rings. The van der Waals surface area contributed by atoms with Crippen LogP contribution in [0.5, 0.6) is 0 Å². The van der Waals surface area contributed by atoms with Gasteiger partial charge < -0.3 is 5.32 Å². The van der Waals surface area contributed by atoms with Crippen LogP contribution in [0.25, 0.3) is 0 Å². The van der Waals surface area contributed by atoms with Crippen LogP contribution < -0.4 is 10.0 Å². The van der Waals surface area contributed by atoms with Gasteiger partial charge >= 0.3 is 0 Å². The molecule has 4 nitrogen and oxygen atoms in total. The topological polar surface area (TPSA) is 58.2 Å². The molecule has 2 fully saturated rings. The minimum atomic E-state index is -2.93.